The zero-order chi connectivity index (χ0) is 13.0. The fraction of sp³-hybridized carbons (Fsp3) is 0.0625. The van der Waals surface area contributed by atoms with Gasteiger partial charge in [0, 0.05) is 9.13 Å². The third-order valence-corrected chi connectivity index (χ3v) is 3.45. The molecule has 18 heavy (non-hydrogen) atoms. The molecule has 0 fully saturated rings. The minimum absolute atomic E-state index is 0.0367. The van der Waals surface area contributed by atoms with Crippen LogP contribution in [0.2, 0.25) is 0 Å². The van der Waals surface area contributed by atoms with Crippen molar-refractivity contribution in [2.45, 2.75) is 6.92 Å². The van der Waals surface area contributed by atoms with Gasteiger partial charge in [-0.25, -0.2) is 0 Å². The standard InChI is InChI=1S/C16H13IO/c1-12-4-2-3-5-13(12)8-11-16(18)14-6-9-15(17)10-7-14/h2-11H,1H3/b11-8+. The largest absolute Gasteiger partial charge is 0.289 e. The Labute approximate surface area is 121 Å². The molecule has 0 spiro atoms. The zero-order valence-corrected chi connectivity index (χ0v) is 12.2. The lowest BCUT2D eigenvalue weighted by molar-refractivity contribution is 0.104. The first-order valence-corrected chi connectivity index (χ1v) is 6.78. The summed E-state index contributed by atoms with van der Waals surface area (Å²) in [5, 5.41) is 0. The van der Waals surface area contributed by atoms with Crippen LogP contribution in [0, 0.1) is 10.5 Å². The van der Waals surface area contributed by atoms with Crippen LogP contribution in [0.5, 0.6) is 0 Å². The van der Waals surface area contributed by atoms with Crippen LogP contribution in [-0.4, -0.2) is 5.78 Å². The Hall–Kier alpha value is -1.42. The van der Waals surface area contributed by atoms with E-state index in [-0.39, 0.29) is 5.78 Å². The van der Waals surface area contributed by atoms with Crippen molar-refractivity contribution in [1.82, 2.24) is 0 Å². The van der Waals surface area contributed by atoms with Crippen molar-refractivity contribution in [1.29, 1.82) is 0 Å². The highest BCUT2D eigenvalue weighted by Crippen LogP contribution is 2.11. The molecule has 2 aromatic rings. The predicted molar refractivity (Wildman–Crippen MR) is 83.7 cm³/mol. The molecule has 90 valence electrons. The van der Waals surface area contributed by atoms with Gasteiger partial charge in [0.2, 0.25) is 0 Å². The van der Waals surface area contributed by atoms with E-state index in [1.165, 1.54) is 5.56 Å². The average molecular weight is 348 g/mol. The first kappa shape index (κ1) is 13.0. The Kier molecular flexibility index (Phi) is 4.31. The summed E-state index contributed by atoms with van der Waals surface area (Å²) in [7, 11) is 0. The highest BCUT2D eigenvalue weighted by Gasteiger charge is 2.01. The molecule has 0 atom stereocenters. The van der Waals surface area contributed by atoms with Crippen molar-refractivity contribution in [2.75, 3.05) is 0 Å². The van der Waals surface area contributed by atoms with Crippen molar-refractivity contribution < 1.29 is 4.79 Å². The van der Waals surface area contributed by atoms with Crippen molar-refractivity contribution in [3.05, 3.63) is 74.9 Å². The Bertz CT molecular complexity index is 582. The summed E-state index contributed by atoms with van der Waals surface area (Å²) >= 11 is 2.23. The molecule has 2 aromatic carbocycles. The molecular formula is C16H13IO. The molecule has 0 unspecified atom stereocenters. The molecule has 1 nitrogen and oxygen atoms in total. The van der Waals surface area contributed by atoms with Gasteiger partial charge in [-0.2, -0.15) is 0 Å². The van der Waals surface area contributed by atoms with Crippen LogP contribution in [0.3, 0.4) is 0 Å². The second-order valence-electron chi connectivity index (χ2n) is 4.06. The van der Waals surface area contributed by atoms with Gasteiger partial charge in [-0.15, -0.1) is 0 Å². The van der Waals surface area contributed by atoms with E-state index < -0.39 is 0 Å². The van der Waals surface area contributed by atoms with E-state index in [0.717, 1.165) is 14.7 Å². The van der Waals surface area contributed by atoms with Gasteiger partial charge in [0.15, 0.2) is 5.78 Å². The van der Waals surface area contributed by atoms with E-state index in [1.807, 2.05) is 61.5 Å². The van der Waals surface area contributed by atoms with Crippen LogP contribution in [0.1, 0.15) is 21.5 Å². The number of carbonyl (C=O) groups is 1. The van der Waals surface area contributed by atoms with Gasteiger partial charge in [0.25, 0.3) is 0 Å². The highest BCUT2D eigenvalue weighted by atomic mass is 127. The molecule has 0 aliphatic heterocycles. The van der Waals surface area contributed by atoms with E-state index >= 15 is 0 Å². The maximum Gasteiger partial charge on any atom is 0.185 e. The summed E-state index contributed by atoms with van der Waals surface area (Å²) in [6.07, 6.45) is 3.50. The minimum atomic E-state index is 0.0367. The molecule has 0 heterocycles. The van der Waals surface area contributed by atoms with Crippen molar-refractivity contribution in [3.63, 3.8) is 0 Å². The first-order valence-electron chi connectivity index (χ1n) is 5.70. The Morgan fingerprint density at radius 1 is 1.06 bits per heavy atom. The maximum atomic E-state index is 12.0. The third-order valence-electron chi connectivity index (χ3n) is 2.73. The van der Waals surface area contributed by atoms with Gasteiger partial charge in [-0.1, -0.05) is 42.5 Å². The summed E-state index contributed by atoms with van der Waals surface area (Å²) in [4.78, 5) is 12.0. The Morgan fingerprint density at radius 2 is 1.72 bits per heavy atom. The second-order valence-corrected chi connectivity index (χ2v) is 5.31. The lowest BCUT2D eigenvalue weighted by Crippen LogP contribution is -1.93. The van der Waals surface area contributed by atoms with Crippen molar-refractivity contribution >= 4 is 34.5 Å². The van der Waals surface area contributed by atoms with Gasteiger partial charge in [0.1, 0.15) is 0 Å². The Balaban J connectivity index is 2.17. The van der Waals surface area contributed by atoms with Gasteiger partial charge in [0.05, 0.1) is 0 Å². The number of aryl methyl sites for hydroxylation is 1. The Morgan fingerprint density at radius 3 is 2.39 bits per heavy atom. The van der Waals surface area contributed by atoms with Crippen LogP contribution in [0.15, 0.2) is 54.6 Å². The highest BCUT2D eigenvalue weighted by molar-refractivity contribution is 14.1. The number of allylic oxidation sites excluding steroid dienone is 1. The van der Waals surface area contributed by atoms with E-state index in [1.54, 1.807) is 6.08 Å². The summed E-state index contributed by atoms with van der Waals surface area (Å²) < 4.78 is 1.13. The molecule has 0 saturated carbocycles. The van der Waals surface area contributed by atoms with E-state index in [9.17, 15) is 4.79 Å². The summed E-state index contributed by atoms with van der Waals surface area (Å²) in [6, 6.07) is 15.6. The predicted octanol–water partition coefficient (Wildman–Crippen LogP) is 4.50. The molecular weight excluding hydrogens is 335 g/mol. The van der Waals surface area contributed by atoms with Gasteiger partial charge < -0.3 is 0 Å². The van der Waals surface area contributed by atoms with Crippen molar-refractivity contribution in [2.24, 2.45) is 0 Å². The number of benzene rings is 2. The van der Waals surface area contributed by atoms with Crippen LogP contribution in [0.4, 0.5) is 0 Å². The third kappa shape index (κ3) is 3.29. The van der Waals surface area contributed by atoms with Gasteiger partial charge in [-0.3, -0.25) is 4.79 Å². The normalized spacial score (nSPS) is 10.8. The lowest BCUT2D eigenvalue weighted by Gasteiger charge is -1.99. The fourth-order valence-electron chi connectivity index (χ4n) is 1.65. The topological polar surface area (TPSA) is 17.1 Å². The summed E-state index contributed by atoms with van der Waals surface area (Å²) in [5.74, 6) is 0.0367. The van der Waals surface area contributed by atoms with Crippen LogP contribution in [-0.2, 0) is 0 Å². The fourth-order valence-corrected chi connectivity index (χ4v) is 2.01. The molecule has 0 bridgehead atoms. The maximum absolute atomic E-state index is 12.0. The van der Waals surface area contributed by atoms with E-state index in [2.05, 4.69) is 22.6 Å². The summed E-state index contributed by atoms with van der Waals surface area (Å²) in [6.45, 7) is 2.04. The van der Waals surface area contributed by atoms with Crippen LogP contribution in [0.25, 0.3) is 6.08 Å². The molecule has 0 N–H and O–H groups in total. The number of carbonyl (C=O) groups excluding carboxylic acids is 1. The number of hydrogen-bond acceptors (Lipinski definition) is 1. The van der Waals surface area contributed by atoms with Gasteiger partial charge in [-0.05, 0) is 58.9 Å². The van der Waals surface area contributed by atoms with Crippen LogP contribution < -0.4 is 0 Å². The number of ketones is 1. The molecule has 0 aliphatic carbocycles. The number of rotatable bonds is 3. The van der Waals surface area contributed by atoms with Crippen LogP contribution >= 0.6 is 22.6 Å². The SMILES string of the molecule is Cc1ccccc1/C=C/C(=O)c1ccc(I)cc1. The molecule has 2 heteroatoms. The lowest BCUT2D eigenvalue weighted by atomic mass is 10.1. The van der Waals surface area contributed by atoms with E-state index in [0.29, 0.717) is 0 Å². The first-order chi connectivity index (χ1) is 8.66. The average Bonchev–Trinajstić information content (AvgIpc) is 2.38. The van der Waals surface area contributed by atoms with Gasteiger partial charge >= 0.3 is 0 Å². The molecule has 2 rings (SSSR count). The monoisotopic (exact) mass is 348 g/mol. The number of halogens is 1. The van der Waals surface area contributed by atoms with E-state index in [4.69, 9.17) is 0 Å². The molecule has 0 radical (unpaired) electrons. The molecule has 0 aliphatic rings. The van der Waals surface area contributed by atoms with Crippen molar-refractivity contribution in [3.8, 4) is 0 Å². The smallest absolute Gasteiger partial charge is 0.185 e. The minimum Gasteiger partial charge on any atom is -0.289 e. The summed E-state index contributed by atoms with van der Waals surface area (Å²) in [5.41, 5.74) is 2.97. The molecule has 0 saturated heterocycles. The quantitative estimate of drug-likeness (QED) is 0.454. The number of hydrogen-bond donors (Lipinski definition) is 0. The molecule has 0 amide bonds. The zero-order valence-electron chi connectivity index (χ0n) is 10.1. The molecule has 0 aromatic heterocycles. The second kappa shape index (κ2) is 5.96.